The van der Waals surface area contributed by atoms with Gasteiger partial charge in [-0.1, -0.05) is 29.8 Å². The van der Waals surface area contributed by atoms with Gasteiger partial charge in [0.05, 0.1) is 6.04 Å². The smallest absolute Gasteiger partial charge is 0.254 e. The molecule has 1 atom stereocenters. The van der Waals surface area contributed by atoms with E-state index in [0.717, 1.165) is 30.5 Å². The summed E-state index contributed by atoms with van der Waals surface area (Å²) >= 11 is 0. The normalized spacial score (nSPS) is 18.0. The van der Waals surface area contributed by atoms with Crippen LogP contribution >= 0.6 is 0 Å². The van der Waals surface area contributed by atoms with Crippen LogP contribution in [0.15, 0.2) is 48.5 Å². The molecule has 0 bridgehead atoms. The van der Waals surface area contributed by atoms with Crippen molar-refractivity contribution in [2.45, 2.75) is 25.8 Å². The fraction of sp³-hybridized carbons (Fsp3) is 0.278. The molecule has 1 aliphatic heterocycles. The van der Waals surface area contributed by atoms with E-state index in [0.29, 0.717) is 5.56 Å². The summed E-state index contributed by atoms with van der Waals surface area (Å²) < 4.78 is 13.4. The van der Waals surface area contributed by atoms with Gasteiger partial charge in [-0.05, 0) is 49.6 Å². The molecule has 1 amide bonds. The Morgan fingerprint density at radius 3 is 2.67 bits per heavy atom. The Morgan fingerprint density at radius 2 is 1.95 bits per heavy atom. The third-order valence-electron chi connectivity index (χ3n) is 4.05. The number of amides is 1. The van der Waals surface area contributed by atoms with Crippen molar-refractivity contribution < 1.29 is 9.18 Å². The van der Waals surface area contributed by atoms with Crippen LogP contribution in [0.4, 0.5) is 4.39 Å². The lowest BCUT2D eigenvalue weighted by molar-refractivity contribution is 0.0735. The van der Waals surface area contributed by atoms with E-state index in [-0.39, 0.29) is 17.8 Å². The minimum atomic E-state index is -0.248. The highest BCUT2D eigenvalue weighted by atomic mass is 19.1. The number of carbonyl (C=O) groups is 1. The largest absolute Gasteiger partial charge is 0.332 e. The quantitative estimate of drug-likeness (QED) is 0.812. The van der Waals surface area contributed by atoms with Crippen molar-refractivity contribution in [2.24, 2.45) is 0 Å². The second-order valence-electron chi connectivity index (χ2n) is 5.58. The van der Waals surface area contributed by atoms with Crippen LogP contribution in [0.5, 0.6) is 0 Å². The van der Waals surface area contributed by atoms with Gasteiger partial charge >= 0.3 is 0 Å². The minimum Gasteiger partial charge on any atom is -0.332 e. The summed E-state index contributed by atoms with van der Waals surface area (Å²) in [7, 11) is 0. The summed E-state index contributed by atoms with van der Waals surface area (Å²) in [5, 5.41) is 0. The first-order valence-electron chi connectivity index (χ1n) is 7.28. The van der Waals surface area contributed by atoms with Crippen LogP contribution in [-0.2, 0) is 0 Å². The molecule has 1 aliphatic rings. The number of hydrogen-bond acceptors (Lipinski definition) is 1. The minimum absolute atomic E-state index is 0.0190. The Bertz CT molecular complexity index is 651. The first kappa shape index (κ1) is 13.8. The topological polar surface area (TPSA) is 20.3 Å². The molecule has 1 unspecified atom stereocenters. The van der Waals surface area contributed by atoms with Gasteiger partial charge in [-0.3, -0.25) is 4.79 Å². The fourth-order valence-corrected chi connectivity index (χ4v) is 2.93. The summed E-state index contributed by atoms with van der Waals surface area (Å²) in [6.07, 6.45) is 1.85. The second kappa shape index (κ2) is 5.68. The highest BCUT2D eigenvalue weighted by Gasteiger charge is 2.30. The van der Waals surface area contributed by atoms with Crippen LogP contribution in [-0.4, -0.2) is 17.4 Å². The van der Waals surface area contributed by atoms with Crippen molar-refractivity contribution in [2.75, 3.05) is 6.54 Å². The van der Waals surface area contributed by atoms with E-state index in [9.17, 15) is 9.18 Å². The maximum atomic E-state index is 13.4. The lowest BCUT2D eigenvalue weighted by Gasteiger charge is -2.25. The van der Waals surface area contributed by atoms with Crippen molar-refractivity contribution in [3.8, 4) is 0 Å². The number of rotatable bonds is 2. The van der Waals surface area contributed by atoms with Crippen molar-refractivity contribution in [3.05, 3.63) is 71.0 Å². The summed E-state index contributed by atoms with van der Waals surface area (Å²) in [5.74, 6) is -0.219. The van der Waals surface area contributed by atoms with Gasteiger partial charge in [-0.2, -0.15) is 0 Å². The number of halogens is 1. The molecular weight excluding hydrogens is 265 g/mol. The molecule has 21 heavy (non-hydrogen) atoms. The highest BCUT2D eigenvalue weighted by Crippen LogP contribution is 2.33. The predicted molar refractivity (Wildman–Crippen MR) is 80.6 cm³/mol. The van der Waals surface area contributed by atoms with Gasteiger partial charge in [0.2, 0.25) is 0 Å². The molecule has 0 saturated carbocycles. The van der Waals surface area contributed by atoms with Crippen LogP contribution in [0.25, 0.3) is 0 Å². The third kappa shape index (κ3) is 2.82. The molecule has 2 aromatic carbocycles. The van der Waals surface area contributed by atoms with Crippen molar-refractivity contribution in [1.82, 2.24) is 4.90 Å². The monoisotopic (exact) mass is 283 g/mol. The van der Waals surface area contributed by atoms with E-state index in [1.54, 1.807) is 6.07 Å². The lowest BCUT2D eigenvalue weighted by Crippen LogP contribution is -2.30. The van der Waals surface area contributed by atoms with Crippen LogP contribution < -0.4 is 0 Å². The van der Waals surface area contributed by atoms with Gasteiger partial charge in [0, 0.05) is 12.1 Å². The number of likely N-dealkylation sites (tertiary alicyclic amines) is 1. The molecule has 3 heteroatoms. The third-order valence-corrected chi connectivity index (χ3v) is 4.05. The number of carbonyl (C=O) groups excluding carboxylic acids is 1. The maximum Gasteiger partial charge on any atom is 0.254 e. The van der Waals surface area contributed by atoms with E-state index >= 15 is 0 Å². The highest BCUT2D eigenvalue weighted by molar-refractivity contribution is 5.94. The molecular formula is C18H18FNO. The molecule has 0 spiro atoms. The maximum absolute atomic E-state index is 13.4. The Balaban J connectivity index is 1.87. The molecule has 3 rings (SSSR count). The molecule has 108 valence electrons. The average Bonchev–Trinajstić information content (AvgIpc) is 2.97. The first-order chi connectivity index (χ1) is 10.1. The Kier molecular flexibility index (Phi) is 3.74. The van der Waals surface area contributed by atoms with E-state index in [4.69, 9.17) is 0 Å². The molecule has 1 fully saturated rings. The van der Waals surface area contributed by atoms with Crippen LogP contribution in [0.3, 0.4) is 0 Å². The van der Waals surface area contributed by atoms with E-state index in [1.165, 1.54) is 12.1 Å². The van der Waals surface area contributed by atoms with E-state index in [1.807, 2.05) is 42.2 Å². The van der Waals surface area contributed by atoms with Gasteiger partial charge in [0.1, 0.15) is 5.82 Å². The van der Waals surface area contributed by atoms with Gasteiger partial charge in [0.15, 0.2) is 0 Å². The van der Waals surface area contributed by atoms with Crippen LogP contribution in [0, 0.1) is 12.7 Å². The van der Waals surface area contributed by atoms with Gasteiger partial charge < -0.3 is 4.90 Å². The van der Waals surface area contributed by atoms with Crippen molar-refractivity contribution >= 4 is 5.91 Å². The summed E-state index contributed by atoms with van der Waals surface area (Å²) in [4.78, 5) is 14.5. The zero-order valence-corrected chi connectivity index (χ0v) is 12.1. The Labute approximate surface area is 124 Å². The first-order valence-corrected chi connectivity index (χ1v) is 7.28. The summed E-state index contributed by atoms with van der Waals surface area (Å²) in [5.41, 5.74) is 2.71. The molecule has 1 heterocycles. The Morgan fingerprint density at radius 1 is 1.19 bits per heavy atom. The zero-order chi connectivity index (χ0) is 14.8. The van der Waals surface area contributed by atoms with Crippen molar-refractivity contribution in [1.29, 1.82) is 0 Å². The Hall–Kier alpha value is -2.16. The van der Waals surface area contributed by atoms with E-state index in [2.05, 4.69) is 0 Å². The molecule has 0 N–H and O–H groups in total. The number of nitrogens with zero attached hydrogens (tertiary/aromatic N) is 1. The van der Waals surface area contributed by atoms with Gasteiger partial charge in [-0.25, -0.2) is 4.39 Å². The average molecular weight is 283 g/mol. The second-order valence-corrected chi connectivity index (χ2v) is 5.58. The van der Waals surface area contributed by atoms with Crippen LogP contribution in [0.1, 0.15) is 40.4 Å². The number of benzene rings is 2. The standard InChI is InChI=1S/C18H18FNO/c1-13-7-9-14(10-8-13)18(21)20-11-3-6-17(20)15-4-2-5-16(19)12-15/h2,4-5,7-10,12,17H,3,6,11H2,1H3. The summed E-state index contributed by atoms with van der Waals surface area (Å²) in [6.45, 7) is 2.73. The molecule has 0 aliphatic carbocycles. The van der Waals surface area contributed by atoms with Gasteiger partial charge in [-0.15, -0.1) is 0 Å². The summed E-state index contributed by atoms with van der Waals surface area (Å²) in [6, 6.07) is 14.2. The molecule has 0 radical (unpaired) electrons. The lowest BCUT2D eigenvalue weighted by atomic mass is 10.0. The molecule has 0 aromatic heterocycles. The molecule has 1 saturated heterocycles. The molecule has 2 aromatic rings. The van der Waals surface area contributed by atoms with E-state index < -0.39 is 0 Å². The zero-order valence-electron chi connectivity index (χ0n) is 12.1. The number of hydrogen-bond donors (Lipinski definition) is 0. The predicted octanol–water partition coefficient (Wildman–Crippen LogP) is 4.11. The van der Waals surface area contributed by atoms with Gasteiger partial charge in [0.25, 0.3) is 5.91 Å². The van der Waals surface area contributed by atoms with Crippen molar-refractivity contribution in [3.63, 3.8) is 0 Å². The fourth-order valence-electron chi connectivity index (χ4n) is 2.93. The number of aryl methyl sites for hydroxylation is 1. The SMILES string of the molecule is Cc1ccc(C(=O)N2CCCC2c2cccc(F)c2)cc1. The van der Waals surface area contributed by atoms with Crippen LogP contribution in [0.2, 0.25) is 0 Å². The molecule has 2 nitrogen and oxygen atoms in total.